The lowest BCUT2D eigenvalue weighted by Crippen LogP contribution is -2.24. The lowest BCUT2D eigenvalue weighted by molar-refractivity contribution is -0.117. The Morgan fingerprint density at radius 1 is 1.18 bits per heavy atom. The van der Waals surface area contributed by atoms with Gasteiger partial charge in [-0.1, -0.05) is 12.1 Å². The molecule has 1 aliphatic carbocycles. The maximum absolute atomic E-state index is 12.6. The molecule has 0 bridgehead atoms. The molecule has 9 heteroatoms. The molecule has 148 valence electrons. The Kier molecular flexibility index (Phi) is 5.82. The van der Waals surface area contributed by atoms with E-state index in [4.69, 9.17) is 4.84 Å². The molecule has 0 radical (unpaired) electrons. The molecule has 0 spiro atoms. The smallest absolute Gasteiger partial charge is 0.278 e. The molecule has 0 saturated heterocycles. The summed E-state index contributed by atoms with van der Waals surface area (Å²) in [5, 5.41) is 6.59. The molecule has 2 aromatic rings. The van der Waals surface area contributed by atoms with Crippen molar-refractivity contribution in [2.75, 3.05) is 31.1 Å². The molecule has 3 rings (SSSR count). The third kappa shape index (κ3) is 4.77. The van der Waals surface area contributed by atoms with Gasteiger partial charge in [-0.3, -0.25) is 14.4 Å². The fourth-order valence-corrected chi connectivity index (χ4v) is 3.88. The third-order valence-corrected chi connectivity index (χ3v) is 5.85. The highest BCUT2D eigenvalue weighted by molar-refractivity contribution is 7.70. The molecule has 2 amide bonds. The van der Waals surface area contributed by atoms with E-state index in [1.54, 1.807) is 31.5 Å². The number of hydrogen-bond donors (Lipinski definition) is 3. The first-order valence-electron chi connectivity index (χ1n) is 8.85. The Hall–Kier alpha value is -2.70. The summed E-state index contributed by atoms with van der Waals surface area (Å²) >= 11 is 0. The standard InChI is InChI=1S/C19H23N4O4P/c1-27-23-19(25)13-11-20-17(22-18(24)12-8-9-12)10-15(13)21-14-6-4-5-7-16(14)28(2,3)26/h4-7,10-12H,8-9H2,1-3H3,(H,23,25)(H2,20,21,22,24). The SMILES string of the molecule is CONC(=O)c1cnc(NC(=O)C2CC2)cc1Nc1ccccc1P(C)(C)=O. The molecule has 0 aliphatic heterocycles. The van der Waals surface area contributed by atoms with Gasteiger partial charge in [0, 0.05) is 29.2 Å². The van der Waals surface area contributed by atoms with Crippen LogP contribution in [0.4, 0.5) is 17.2 Å². The summed E-state index contributed by atoms with van der Waals surface area (Å²) in [5.41, 5.74) is 3.52. The van der Waals surface area contributed by atoms with E-state index >= 15 is 0 Å². The second-order valence-electron chi connectivity index (χ2n) is 7.01. The monoisotopic (exact) mass is 402 g/mol. The molecular formula is C19H23N4O4P. The number of pyridine rings is 1. The van der Waals surface area contributed by atoms with Gasteiger partial charge in [0.2, 0.25) is 5.91 Å². The van der Waals surface area contributed by atoms with Crippen molar-refractivity contribution in [1.82, 2.24) is 10.5 Å². The van der Waals surface area contributed by atoms with Crippen LogP contribution in [-0.2, 0) is 14.2 Å². The zero-order valence-electron chi connectivity index (χ0n) is 16.0. The number of carbonyl (C=O) groups is 2. The van der Waals surface area contributed by atoms with Crippen molar-refractivity contribution in [2.24, 2.45) is 5.92 Å². The van der Waals surface area contributed by atoms with E-state index in [1.165, 1.54) is 13.3 Å². The number of amides is 2. The van der Waals surface area contributed by atoms with Crippen LogP contribution in [0.2, 0.25) is 0 Å². The zero-order valence-corrected chi connectivity index (χ0v) is 16.9. The van der Waals surface area contributed by atoms with E-state index in [2.05, 4.69) is 21.1 Å². The Labute approximate surface area is 163 Å². The van der Waals surface area contributed by atoms with Gasteiger partial charge >= 0.3 is 0 Å². The number of aromatic nitrogens is 1. The van der Waals surface area contributed by atoms with Gasteiger partial charge < -0.3 is 15.2 Å². The first kappa shape index (κ1) is 20.0. The predicted molar refractivity (Wildman–Crippen MR) is 109 cm³/mol. The normalized spacial score (nSPS) is 13.7. The fourth-order valence-electron chi connectivity index (χ4n) is 2.72. The first-order chi connectivity index (χ1) is 13.3. The molecule has 1 fully saturated rings. The molecule has 1 aromatic carbocycles. The average Bonchev–Trinajstić information content (AvgIpc) is 3.47. The van der Waals surface area contributed by atoms with Crippen molar-refractivity contribution in [3.63, 3.8) is 0 Å². The van der Waals surface area contributed by atoms with Crippen LogP contribution in [0.15, 0.2) is 36.5 Å². The van der Waals surface area contributed by atoms with Crippen molar-refractivity contribution < 1.29 is 19.0 Å². The number of rotatable bonds is 7. The lowest BCUT2D eigenvalue weighted by atomic mass is 10.2. The van der Waals surface area contributed by atoms with E-state index in [-0.39, 0.29) is 17.4 Å². The Bertz CT molecular complexity index is 953. The lowest BCUT2D eigenvalue weighted by Gasteiger charge is -2.17. The highest BCUT2D eigenvalue weighted by atomic mass is 31.2. The minimum Gasteiger partial charge on any atom is -0.354 e. The van der Waals surface area contributed by atoms with Crippen LogP contribution in [0.3, 0.4) is 0 Å². The summed E-state index contributed by atoms with van der Waals surface area (Å²) in [6, 6.07) is 8.78. The molecule has 1 aliphatic rings. The number of para-hydroxylation sites is 1. The number of nitrogens with one attached hydrogen (secondary N) is 3. The minimum atomic E-state index is -2.56. The summed E-state index contributed by atoms with van der Waals surface area (Å²) in [6.07, 6.45) is 3.11. The van der Waals surface area contributed by atoms with Crippen molar-refractivity contribution in [1.29, 1.82) is 0 Å². The predicted octanol–water partition coefficient (Wildman–Crippen LogP) is 2.71. The summed E-state index contributed by atoms with van der Waals surface area (Å²) in [7, 11) is -1.22. The van der Waals surface area contributed by atoms with Gasteiger partial charge in [-0.2, -0.15) is 0 Å². The zero-order chi connectivity index (χ0) is 20.3. The average molecular weight is 402 g/mol. The number of hydroxylamine groups is 1. The summed E-state index contributed by atoms with van der Waals surface area (Å²) in [6.45, 7) is 3.36. The highest BCUT2D eigenvalue weighted by Gasteiger charge is 2.30. The van der Waals surface area contributed by atoms with Gasteiger partial charge in [0.1, 0.15) is 13.0 Å². The molecule has 1 aromatic heterocycles. The van der Waals surface area contributed by atoms with Crippen LogP contribution in [0.1, 0.15) is 23.2 Å². The van der Waals surface area contributed by atoms with Gasteiger partial charge in [-0.05, 0) is 38.3 Å². The van der Waals surface area contributed by atoms with Crippen molar-refractivity contribution in [3.8, 4) is 0 Å². The Balaban J connectivity index is 1.97. The summed E-state index contributed by atoms with van der Waals surface area (Å²) < 4.78 is 12.6. The molecule has 1 heterocycles. The molecule has 8 nitrogen and oxygen atoms in total. The highest BCUT2D eigenvalue weighted by Crippen LogP contribution is 2.38. The van der Waals surface area contributed by atoms with Gasteiger partial charge in [0.15, 0.2) is 0 Å². The van der Waals surface area contributed by atoms with E-state index in [0.717, 1.165) is 12.8 Å². The molecule has 0 atom stereocenters. The molecule has 0 unspecified atom stereocenters. The topological polar surface area (TPSA) is 109 Å². The number of benzene rings is 1. The second kappa shape index (κ2) is 8.12. The minimum absolute atomic E-state index is 0.0291. The largest absolute Gasteiger partial charge is 0.354 e. The number of nitrogens with zero attached hydrogens (tertiary/aromatic N) is 1. The second-order valence-corrected chi connectivity index (χ2v) is 10.2. The molecule has 1 saturated carbocycles. The van der Waals surface area contributed by atoms with Crippen LogP contribution in [0, 0.1) is 5.92 Å². The summed E-state index contributed by atoms with van der Waals surface area (Å²) in [5.74, 6) is -0.214. The van der Waals surface area contributed by atoms with Gasteiger partial charge in [0.25, 0.3) is 5.91 Å². The van der Waals surface area contributed by atoms with Crippen molar-refractivity contribution in [3.05, 3.63) is 42.1 Å². The van der Waals surface area contributed by atoms with Gasteiger partial charge in [-0.25, -0.2) is 10.5 Å². The van der Waals surface area contributed by atoms with E-state index < -0.39 is 13.0 Å². The molecule has 28 heavy (non-hydrogen) atoms. The number of anilines is 3. The van der Waals surface area contributed by atoms with Crippen molar-refractivity contribution in [2.45, 2.75) is 12.8 Å². The van der Waals surface area contributed by atoms with Crippen LogP contribution >= 0.6 is 7.14 Å². The Morgan fingerprint density at radius 2 is 1.89 bits per heavy atom. The van der Waals surface area contributed by atoms with E-state index in [9.17, 15) is 14.2 Å². The quantitative estimate of drug-likeness (QED) is 0.485. The molecule has 3 N–H and O–H groups in total. The van der Waals surface area contributed by atoms with Gasteiger partial charge in [-0.15, -0.1) is 0 Å². The van der Waals surface area contributed by atoms with Crippen LogP contribution in [-0.4, -0.2) is 37.2 Å². The fraction of sp³-hybridized carbons (Fsp3) is 0.316. The molecular weight excluding hydrogens is 379 g/mol. The van der Waals surface area contributed by atoms with E-state index in [1.807, 2.05) is 12.1 Å². The first-order valence-corrected chi connectivity index (χ1v) is 11.5. The van der Waals surface area contributed by atoms with E-state index in [0.29, 0.717) is 22.5 Å². The van der Waals surface area contributed by atoms with Crippen LogP contribution in [0.5, 0.6) is 0 Å². The summed E-state index contributed by atoms with van der Waals surface area (Å²) in [4.78, 5) is 33.2. The maximum atomic E-state index is 12.6. The van der Waals surface area contributed by atoms with Gasteiger partial charge in [0.05, 0.1) is 18.4 Å². The third-order valence-electron chi connectivity index (χ3n) is 4.30. The maximum Gasteiger partial charge on any atom is 0.278 e. The Morgan fingerprint density at radius 3 is 2.54 bits per heavy atom. The van der Waals surface area contributed by atoms with Crippen LogP contribution in [0.25, 0.3) is 0 Å². The number of carbonyl (C=O) groups excluding carboxylic acids is 2. The number of hydrogen-bond acceptors (Lipinski definition) is 6. The van der Waals surface area contributed by atoms with Crippen molar-refractivity contribution >= 4 is 41.5 Å². The van der Waals surface area contributed by atoms with Crippen LogP contribution < -0.4 is 21.4 Å².